The van der Waals surface area contributed by atoms with E-state index in [0.29, 0.717) is 26.0 Å². The second-order valence-electron chi connectivity index (χ2n) is 6.04. The molecule has 0 spiro atoms. The zero-order valence-corrected chi connectivity index (χ0v) is 16.8. The topological polar surface area (TPSA) is 34.9 Å². The van der Waals surface area contributed by atoms with Gasteiger partial charge in [0.1, 0.15) is 16.3 Å². The van der Waals surface area contributed by atoms with Crippen molar-refractivity contribution in [2.45, 2.75) is 17.5 Å². The van der Waals surface area contributed by atoms with Gasteiger partial charge in [0, 0.05) is 16.3 Å². The number of fused-ring (bicyclic) bond motifs is 1. The van der Waals surface area contributed by atoms with E-state index in [0.717, 1.165) is 5.56 Å². The van der Waals surface area contributed by atoms with E-state index in [4.69, 9.17) is 11.6 Å². The van der Waals surface area contributed by atoms with E-state index < -0.39 is 5.82 Å². The minimum absolute atomic E-state index is 0.175. The summed E-state index contributed by atoms with van der Waals surface area (Å²) in [6.07, 6.45) is 0. The van der Waals surface area contributed by atoms with Crippen LogP contribution < -0.4 is 5.56 Å². The van der Waals surface area contributed by atoms with Crippen molar-refractivity contribution in [1.29, 1.82) is 0 Å². The molecule has 142 valence electrons. The Bertz CT molecular complexity index is 1190. The first-order valence-corrected chi connectivity index (χ1v) is 10.6. The normalized spacial score (nSPS) is 11.2. The summed E-state index contributed by atoms with van der Waals surface area (Å²) in [5, 5.41) is 2.60. The molecule has 0 unspecified atom stereocenters. The third-order valence-corrected chi connectivity index (χ3v) is 6.44. The standard InChI is InChI=1S/C20H13ClF2N2OS2/c21-15-2-1-3-16(23)14(15)11-28-20-24-17-8-9-27-18(17)19(26)25(20)10-12-4-6-13(22)7-5-12/h1-9H,10-11H2. The Morgan fingerprint density at radius 1 is 1.11 bits per heavy atom. The van der Waals surface area contributed by atoms with Crippen LogP contribution in [0.25, 0.3) is 10.2 Å². The largest absolute Gasteiger partial charge is 0.282 e. The van der Waals surface area contributed by atoms with E-state index in [-0.39, 0.29) is 23.7 Å². The molecular formula is C20H13ClF2N2OS2. The van der Waals surface area contributed by atoms with Crippen LogP contribution in [-0.2, 0) is 12.3 Å². The molecule has 2 aromatic carbocycles. The van der Waals surface area contributed by atoms with E-state index in [1.54, 1.807) is 30.3 Å². The summed E-state index contributed by atoms with van der Waals surface area (Å²) in [6.45, 7) is 0.243. The summed E-state index contributed by atoms with van der Waals surface area (Å²) in [6, 6.07) is 12.3. The molecule has 0 radical (unpaired) electrons. The van der Waals surface area contributed by atoms with Crippen molar-refractivity contribution in [2.24, 2.45) is 0 Å². The second-order valence-corrected chi connectivity index (χ2v) is 8.30. The molecule has 28 heavy (non-hydrogen) atoms. The van der Waals surface area contributed by atoms with E-state index >= 15 is 0 Å². The highest BCUT2D eigenvalue weighted by Gasteiger charge is 2.15. The molecule has 4 rings (SSSR count). The van der Waals surface area contributed by atoms with Gasteiger partial charge in [-0.15, -0.1) is 11.3 Å². The number of halogens is 3. The van der Waals surface area contributed by atoms with Gasteiger partial charge in [-0.3, -0.25) is 9.36 Å². The fraction of sp³-hybridized carbons (Fsp3) is 0.100. The number of benzene rings is 2. The van der Waals surface area contributed by atoms with Crippen molar-refractivity contribution < 1.29 is 8.78 Å². The van der Waals surface area contributed by atoms with Crippen molar-refractivity contribution in [3.8, 4) is 0 Å². The highest BCUT2D eigenvalue weighted by Crippen LogP contribution is 2.29. The Hall–Kier alpha value is -2.22. The van der Waals surface area contributed by atoms with Crippen molar-refractivity contribution >= 4 is 44.9 Å². The van der Waals surface area contributed by atoms with Gasteiger partial charge in [0.15, 0.2) is 5.16 Å². The van der Waals surface area contributed by atoms with Crippen LogP contribution in [-0.4, -0.2) is 9.55 Å². The van der Waals surface area contributed by atoms with Gasteiger partial charge >= 0.3 is 0 Å². The maximum Gasteiger partial charge on any atom is 0.272 e. The number of hydrogen-bond acceptors (Lipinski definition) is 4. The summed E-state index contributed by atoms with van der Waals surface area (Å²) in [7, 11) is 0. The van der Waals surface area contributed by atoms with Gasteiger partial charge in [0.25, 0.3) is 5.56 Å². The monoisotopic (exact) mass is 434 g/mol. The number of nitrogens with zero attached hydrogens (tertiary/aromatic N) is 2. The van der Waals surface area contributed by atoms with Crippen molar-refractivity contribution in [3.63, 3.8) is 0 Å². The lowest BCUT2D eigenvalue weighted by Crippen LogP contribution is -2.23. The summed E-state index contributed by atoms with van der Waals surface area (Å²) in [5.74, 6) is -0.507. The summed E-state index contributed by atoms with van der Waals surface area (Å²) in [4.78, 5) is 17.6. The first-order chi connectivity index (χ1) is 13.5. The fourth-order valence-corrected chi connectivity index (χ4v) is 4.87. The summed E-state index contributed by atoms with van der Waals surface area (Å²) in [5.41, 5.74) is 1.56. The lowest BCUT2D eigenvalue weighted by Gasteiger charge is -2.13. The number of aromatic nitrogens is 2. The zero-order chi connectivity index (χ0) is 19.7. The van der Waals surface area contributed by atoms with Crippen LogP contribution in [0.1, 0.15) is 11.1 Å². The average molecular weight is 435 g/mol. The van der Waals surface area contributed by atoms with Crippen LogP contribution >= 0.6 is 34.7 Å². The van der Waals surface area contributed by atoms with Crippen molar-refractivity contribution in [2.75, 3.05) is 0 Å². The van der Waals surface area contributed by atoms with Gasteiger partial charge in [-0.2, -0.15) is 0 Å². The van der Waals surface area contributed by atoms with E-state index in [2.05, 4.69) is 4.98 Å². The third kappa shape index (κ3) is 3.83. The quantitative estimate of drug-likeness (QED) is 0.297. The fourth-order valence-electron chi connectivity index (χ4n) is 2.75. The van der Waals surface area contributed by atoms with Crippen LogP contribution in [0.5, 0.6) is 0 Å². The minimum Gasteiger partial charge on any atom is -0.282 e. The molecule has 0 saturated carbocycles. The maximum absolute atomic E-state index is 14.1. The van der Waals surface area contributed by atoms with E-state index in [1.807, 2.05) is 5.38 Å². The molecule has 3 nitrogen and oxygen atoms in total. The first kappa shape index (κ1) is 19.1. The van der Waals surface area contributed by atoms with E-state index in [1.165, 1.54) is 45.9 Å². The Labute approximate surface area is 172 Å². The molecule has 0 amide bonds. The molecule has 2 heterocycles. The molecule has 4 aromatic rings. The number of thiophene rings is 1. The van der Waals surface area contributed by atoms with E-state index in [9.17, 15) is 13.6 Å². The molecule has 0 N–H and O–H groups in total. The molecule has 0 saturated heterocycles. The van der Waals surface area contributed by atoms with Gasteiger partial charge in [0.05, 0.1) is 12.1 Å². The first-order valence-electron chi connectivity index (χ1n) is 8.31. The van der Waals surface area contributed by atoms with Crippen LogP contribution in [0.4, 0.5) is 8.78 Å². The van der Waals surface area contributed by atoms with Crippen molar-refractivity contribution in [3.05, 3.63) is 92.0 Å². The predicted octanol–water partition coefficient (Wildman–Crippen LogP) is 5.73. The smallest absolute Gasteiger partial charge is 0.272 e. The molecular weight excluding hydrogens is 422 g/mol. The molecule has 0 aliphatic rings. The molecule has 0 fully saturated rings. The average Bonchev–Trinajstić information content (AvgIpc) is 3.14. The highest BCUT2D eigenvalue weighted by molar-refractivity contribution is 7.98. The van der Waals surface area contributed by atoms with Crippen LogP contribution in [0.2, 0.25) is 5.02 Å². The lowest BCUT2D eigenvalue weighted by atomic mass is 10.2. The Kier molecular flexibility index (Phi) is 5.48. The highest BCUT2D eigenvalue weighted by atomic mass is 35.5. The maximum atomic E-state index is 14.1. The number of thioether (sulfide) groups is 1. The molecule has 0 aliphatic carbocycles. The Balaban J connectivity index is 1.73. The Morgan fingerprint density at radius 2 is 1.89 bits per heavy atom. The van der Waals surface area contributed by atoms with Gasteiger partial charge in [-0.1, -0.05) is 41.6 Å². The molecule has 2 aromatic heterocycles. The SMILES string of the molecule is O=c1c2sccc2nc(SCc2c(F)cccc2Cl)n1Cc1ccc(F)cc1. The number of hydrogen-bond donors (Lipinski definition) is 0. The summed E-state index contributed by atoms with van der Waals surface area (Å²) < 4.78 is 29.4. The van der Waals surface area contributed by atoms with Gasteiger partial charge in [-0.05, 0) is 41.3 Å². The third-order valence-electron chi connectivity index (χ3n) is 4.19. The molecule has 0 aliphatic heterocycles. The van der Waals surface area contributed by atoms with Gasteiger partial charge in [0.2, 0.25) is 0 Å². The zero-order valence-electron chi connectivity index (χ0n) is 14.4. The minimum atomic E-state index is -0.399. The molecule has 8 heteroatoms. The molecule has 0 atom stereocenters. The van der Waals surface area contributed by atoms with Crippen LogP contribution in [0.15, 0.2) is 63.9 Å². The number of rotatable bonds is 5. The van der Waals surface area contributed by atoms with Crippen LogP contribution in [0, 0.1) is 11.6 Å². The van der Waals surface area contributed by atoms with Gasteiger partial charge < -0.3 is 0 Å². The van der Waals surface area contributed by atoms with Crippen LogP contribution in [0.3, 0.4) is 0 Å². The molecule has 0 bridgehead atoms. The Morgan fingerprint density at radius 3 is 2.64 bits per heavy atom. The summed E-state index contributed by atoms with van der Waals surface area (Å²) >= 11 is 8.68. The van der Waals surface area contributed by atoms with Crippen molar-refractivity contribution in [1.82, 2.24) is 9.55 Å². The predicted molar refractivity (Wildman–Crippen MR) is 110 cm³/mol. The second kappa shape index (κ2) is 8.03. The van der Waals surface area contributed by atoms with Gasteiger partial charge in [-0.25, -0.2) is 13.8 Å². The lowest BCUT2D eigenvalue weighted by molar-refractivity contribution is 0.616.